The molecular weight excluding hydrogens is 222 g/mol. The van der Waals surface area contributed by atoms with E-state index in [1.54, 1.807) is 18.2 Å². The summed E-state index contributed by atoms with van der Waals surface area (Å²) in [5, 5.41) is 9.21. The Kier molecular flexibility index (Phi) is 3.69. The van der Waals surface area contributed by atoms with Gasteiger partial charge in [-0.3, -0.25) is 0 Å². The highest BCUT2D eigenvalue weighted by Gasteiger charge is 2.17. The van der Waals surface area contributed by atoms with E-state index in [0.717, 1.165) is 18.9 Å². The van der Waals surface area contributed by atoms with E-state index in [9.17, 15) is 0 Å². The van der Waals surface area contributed by atoms with Gasteiger partial charge < -0.3 is 4.74 Å². The number of hydrogen-bond acceptors (Lipinski definition) is 2. The lowest BCUT2D eigenvalue weighted by molar-refractivity contribution is 0.222. The first kappa shape index (κ1) is 11.3. The Labute approximate surface area is 101 Å². The maximum Gasteiger partial charge on any atom is 0.137 e. The van der Waals surface area contributed by atoms with Crippen LogP contribution in [-0.2, 0) is 0 Å². The largest absolute Gasteiger partial charge is 0.492 e. The van der Waals surface area contributed by atoms with Crippen molar-refractivity contribution in [2.75, 3.05) is 6.61 Å². The summed E-state index contributed by atoms with van der Waals surface area (Å²) in [7, 11) is 0. The molecule has 3 heteroatoms. The van der Waals surface area contributed by atoms with Gasteiger partial charge in [-0.25, -0.2) is 0 Å². The molecule has 1 fully saturated rings. The summed E-state index contributed by atoms with van der Waals surface area (Å²) in [6, 6.07) is 7.18. The Morgan fingerprint density at radius 1 is 1.44 bits per heavy atom. The minimum atomic E-state index is 0.521. The number of rotatable bonds is 4. The molecule has 0 unspecified atom stereocenters. The van der Waals surface area contributed by atoms with Crippen LogP contribution in [0.4, 0.5) is 0 Å². The van der Waals surface area contributed by atoms with Crippen molar-refractivity contribution in [2.24, 2.45) is 5.92 Å². The zero-order valence-corrected chi connectivity index (χ0v) is 9.83. The quantitative estimate of drug-likeness (QED) is 0.796. The summed E-state index contributed by atoms with van der Waals surface area (Å²) < 4.78 is 5.60. The second-order valence-corrected chi connectivity index (χ2v) is 4.60. The van der Waals surface area contributed by atoms with Crippen molar-refractivity contribution in [3.8, 4) is 11.8 Å². The molecule has 0 heterocycles. The lowest BCUT2D eigenvalue weighted by atomic mass is 9.83. The van der Waals surface area contributed by atoms with Gasteiger partial charge in [0, 0.05) is 0 Å². The van der Waals surface area contributed by atoms with Crippen molar-refractivity contribution in [3.05, 3.63) is 28.8 Å². The second-order valence-electron chi connectivity index (χ2n) is 4.19. The van der Waals surface area contributed by atoms with E-state index in [0.29, 0.717) is 16.3 Å². The number of ether oxygens (including phenoxy) is 1. The molecule has 1 saturated carbocycles. The van der Waals surface area contributed by atoms with Gasteiger partial charge in [-0.15, -0.1) is 0 Å². The maximum absolute atomic E-state index is 8.69. The number of nitrogens with zero attached hydrogens (tertiary/aromatic N) is 1. The van der Waals surface area contributed by atoms with Gasteiger partial charge in [0.25, 0.3) is 0 Å². The molecule has 1 aromatic carbocycles. The van der Waals surface area contributed by atoms with Crippen LogP contribution in [0, 0.1) is 17.2 Å². The molecule has 0 radical (unpaired) electrons. The van der Waals surface area contributed by atoms with Gasteiger partial charge >= 0.3 is 0 Å². The van der Waals surface area contributed by atoms with Crippen molar-refractivity contribution in [3.63, 3.8) is 0 Å². The lowest BCUT2D eigenvalue weighted by Gasteiger charge is -2.25. The highest BCUT2D eigenvalue weighted by Crippen LogP contribution is 2.30. The minimum absolute atomic E-state index is 0.521. The normalized spacial score (nSPS) is 15.2. The molecule has 0 aliphatic heterocycles. The van der Waals surface area contributed by atoms with Crippen LogP contribution in [0.5, 0.6) is 5.75 Å². The molecule has 84 valence electrons. The zero-order valence-electron chi connectivity index (χ0n) is 9.08. The van der Waals surface area contributed by atoms with Crippen molar-refractivity contribution in [1.82, 2.24) is 0 Å². The van der Waals surface area contributed by atoms with Crippen LogP contribution < -0.4 is 4.74 Å². The van der Waals surface area contributed by atoms with Gasteiger partial charge in [0.15, 0.2) is 0 Å². The smallest absolute Gasteiger partial charge is 0.137 e. The first-order valence-corrected chi connectivity index (χ1v) is 6.00. The van der Waals surface area contributed by atoms with Crippen LogP contribution in [0.2, 0.25) is 5.02 Å². The van der Waals surface area contributed by atoms with Gasteiger partial charge in [-0.1, -0.05) is 30.9 Å². The van der Waals surface area contributed by atoms with Gasteiger partial charge in [-0.2, -0.15) is 5.26 Å². The van der Waals surface area contributed by atoms with Crippen LogP contribution >= 0.6 is 11.6 Å². The van der Waals surface area contributed by atoms with E-state index in [1.807, 2.05) is 6.07 Å². The lowest BCUT2D eigenvalue weighted by Crippen LogP contribution is -2.14. The first-order chi connectivity index (χ1) is 7.79. The Morgan fingerprint density at radius 3 is 2.81 bits per heavy atom. The summed E-state index contributed by atoms with van der Waals surface area (Å²) in [5.41, 5.74) is 0.566. The summed E-state index contributed by atoms with van der Waals surface area (Å²) in [6.45, 7) is 0.719. The molecule has 2 nitrogen and oxygen atoms in total. The van der Waals surface area contributed by atoms with Crippen molar-refractivity contribution in [2.45, 2.75) is 25.7 Å². The molecule has 0 aromatic heterocycles. The molecule has 2 rings (SSSR count). The van der Waals surface area contributed by atoms with Crippen LogP contribution in [0.25, 0.3) is 0 Å². The van der Waals surface area contributed by atoms with Gasteiger partial charge in [0.05, 0.1) is 23.3 Å². The minimum Gasteiger partial charge on any atom is -0.492 e. The third-order valence-electron chi connectivity index (χ3n) is 3.07. The number of nitriles is 1. The topological polar surface area (TPSA) is 33.0 Å². The van der Waals surface area contributed by atoms with E-state index >= 15 is 0 Å². The van der Waals surface area contributed by atoms with Crippen molar-refractivity contribution >= 4 is 11.6 Å². The third kappa shape index (κ3) is 2.68. The third-order valence-corrected chi connectivity index (χ3v) is 3.36. The molecule has 0 spiro atoms. The van der Waals surface area contributed by atoms with E-state index < -0.39 is 0 Å². The molecule has 1 aliphatic rings. The molecule has 0 atom stereocenters. The number of hydrogen-bond donors (Lipinski definition) is 0. The van der Waals surface area contributed by atoms with E-state index in [4.69, 9.17) is 21.6 Å². The monoisotopic (exact) mass is 235 g/mol. The van der Waals surface area contributed by atoms with Crippen molar-refractivity contribution in [1.29, 1.82) is 5.26 Å². The SMILES string of the molecule is N#Cc1ccc(OCCC2CCC2)c(Cl)c1. The van der Waals surface area contributed by atoms with Crippen LogP contribution in [0.3, 0.4) is 0 Å². The molecule has 16 heavy (non-hydrogen) atoms. The predicted molar refractivity (Wildman–Crippen MR) is 63.6 cm³/mol. The molecular formula is C13H14ClNO. The van der Waals surface area contributed by atoms with E-state index in [-0.39, 0.29) is 0 Å². The van der Waals surface area contributed by atoms with E-state index in [1.165, 1.54) is 19.3 Å². The Bertz CT molecular complexity index is 407. The van der Waals surface area contributed by atoms with Gasteiger partial charge in [0.2, 0.25) is 0 Å². The second kappa shape index (κ2) is 5.23. The Balaban J connectivity index is 1.86. The molecule has 0 bridgehead atoms. The fourth-order valence-corrected chi connectivity index (χ4v) is 2.04. The van der Waals surface area contributed by atoms with Gasteiger partial charge in [-0.05, 0) is 30.5 Å². The molecule has 0 N–H and O–H groups in total. The molecule has 1 aliphatic carbocycles. The molecule has 1 aromatic rings. The van der Waals surface area contributed by atoms with E-state index in [2.05, 4.69) is 0 Å². The maximum atomic E-state index is 8.69. The van der Waals surface area contributed by atoms with Crippen LogP contribution in [-0.4, -0.2) is 6.61 Å². The van der Waals surface area contributed by atoms with Crippen LogP contribution in [0.15, 0.2) is 18.2 Å². The zero-order chi connectivity index (χ0) is 11.4. The fourth-order valence-electron chi connectivity index (χ4n) is 1.80. The number of benzene rings is 1. The van der Waals surface area contributed by atoms with Gasteiger partial charge in [0.1, 0.15) is 5.75 Å². The standard InChI is InChI=1S/C13H14ClNO/c14-12-8-11(9-15)4-5-13(12)16-7-6-10-2-1-3-10/h4-5,8,10H,1-3,6-7H2. The molecule has 0 amide bonds. The highest BCUT2D eigenvalue weighted by atomic mass is 35.5. The predicted octanol–water partition coefficient (Wildman–Crippen LogP) is 3.78. The summed E-state index contributed by atoms with van der Waals surface area (Å²) >= 11 is 6.00. The molecule has 0 saturated heterocycles. The highest BCUT2D eigenvalue weighted by molar-refractivity contribution is 6.32. The van der Waals surface area contributed by atoms with Crippen molar-refractivity contribution < 1.29 is 4.74 Å². The summed E-state index contributed by atoms with van der Waals surface area (Å²) in [4.78, 5) is 0. The van der Waals surface area contributed by atoms with Crippen LogP contribution in [0.1, 0.15) is 31.2 Å². The Hall–Kier alpha value is -1.20. The average molecular weight is 236 g/mol. The number of halogens is 1. The Morgan fingerprint density at radius 2 is 2.25 bits per heavy atom. The average Bonchev–Trinajstić information content (AvgIpc) is 2.23. The fraction of sp³-hybridized carbons (Fsp3) is 0.462. The first-order valence-electron chi connectivity index (χ1n) is 5.62. The summed E-state index contributed by atoms with van der Waals surface area (Å²) in [6.07, 6.45) is 5.15. The summed E-state index contributed by atoms with van der Waals surface area (Å²) in [5.74, 6) is 1.53.